The van der Waals surface area contributed by atoms with Crippen LogP contribution >= 0.6 is 0 Å². The fourth-order valence-electron chi connectivity index (χ4n) is 3.51. The molecule has 0 amide bonds. The summed E-state index contributed by atoms with van der Waals surface area (Å²) in [4.78, 5) is 7.48. The molecule has 2 aromatic carbocycles. The zero-order valence-corrected chi connectivity index (χ0v) is 15.3. The van der Waals surface area contributed by atoms with Crippen LogP contribution in [0.4, 0.5) is 17.1 Å². The molecule has 0 atom stereocenters. The molecule has 3 heteroatoms. The quantitative estimate of drug-likeness (QED) is 0.839. The normalized spacial score (nSPS) is 16.9. The third kappa shape index (κ3) is 3.12. The van der Waals surface area contributed by atoms with Gasteiger partial charge in [0.2, 0.25) is 0 Å². The number of nitrogens with zero attached hydrogens (tertiary/aromatic N) is 2. The molecule has 0 aliphatic carbocycles. The van der Waals surface area contributed by atoms with Gasteiger partial charge in [-0.2, -0.15) is 0 Å². The summed E-state index contributed by atoms with van der Waals surface area (Å²) in [6.07, 6.45) is 4.42. The number of aryl methyl sites for hydroxylation is 2. The number of anilines is 2. The molecular weight excluding hydrogens is 306 g/mol. The Morgan fingerprint density at radius 2 is 1.96 bits per heavy atom. The molecule has 1 N–H and O–H groups in total. The molecule has 0 radical (unpaired) electrons. The van der Waals surface area contributed by atoms with Gasteiger partial charge in [-0.3, -0.25) is 0 Å². The lowest BCUT2D eigenvalue weighted by Gasteiger charge is -2.23. The van der Waals surface area contributed by atoms with Crippen molar-refractivity contribution in [1.82, 2.24) is 4.90 Å². The van der Waals surface area contributed by atoms with Crippen LogP contribution in [0.3, 0.4) is 0 Å². The van der Waals surface area contributed by atoms with Crippen LogP contribution in [-0.2, 0) is 6.42 Å². The molecule has 2 aromatic rings. The van der Waals surface area contributed by atoms with E-state index in [1.165, 1.54) is 22.3 Å². The smallest absolute Gasteiger partial charge is 0.0874 e. The number of aliphatic imine (C=N–C) groups is 1. The zero-order valence-electron chi connectivity index (χ0n) is 15.3. The summed E-state index contributed by atoms with van der Waals surface area (Å²) in [5.74, 6) is 0. The Hall–Kier alpha value is -2.39. The van der Waals surface area contributed by atoms with Gasteiger partial charge in [-0.25, -0.2) is 4.99 Å². The predicted molar refractivity (Wildman–Crippen MR) is 107 cm³/mol. The Morgan fingerprint density at radius 1 is 1.12 bits per heavy atom. The molecule has 128 valence electrons. The van der Waals surface area contributed by atoms with E-state index in [2.05, 4.69) is 73.6 Å². The predicted octanol–water partition coefficient (Wildman–Crippen LogP) is 5.00. The molecule has 2 aliphatic heterocycles. The molecular formula is C22H25N3. The number of rotatable bonds is 2. The first-order valence-corrected chi connectivity index (χ1v) is 9.11. The van der Waals surface area contributed by atoms with Crippen LogP contribution in [-0.4, -0.2) is 30.7 Å². The van der Waals surface area contributed by atoms with Gasteiger partial charge in [0.05, 0.1) is 17.1 Å². The molecule has 0 fully saturated rings. The summed E-state index contributed by atoms with van der Waals surface area (Å²) in [5, 5.41) is 3.61. The molecule has 3 nitrogen and oxygen atoms in total. The van der Waals surface area contributed by atoms with Gasteiger partial charge in [0.15, 0.2) is 0 Å². The van der Waals surface area contributed by atoms with Gasteiger partial charge >= 0.3 is 0 Å². The van der Waals surface area contributed by atoms with E-state index < -0.39 is 0 Å². The number of hydrogen-bond donors (Lipinski definition) is 1. The molecule has 4 rings (SSSR count). The Balaban J connectivity index is 1.91. The third-order valence-corrected chi connectivity index (χ3v) is 5.12. The standard InChI is InChI=1S/C22H25N3/c1-4-16-6-8-19-18(14-16)22(17-9-11-25(3)12-10-17)24-21-13-15(2)5-7-20(21)23-19/h5-9,13-14,23H,4,10-12H2,1-3H3. The second kappa shape index (κ2) is 6.49. The van der Waals surface area contributed by atoms with Crippen molar-refractivity contribution in [3.05, 3.63) is 64.7 Å². The second-order valence-electron chi connectivity index (χ2n) is 7.08. The summed E-state index contributed by atoms with van der Waals surface area (Å²) >= 11 is 0. The van der Waals surface area contributed by atoms with E-state index in [0.717, 1.165) is 48.7 Å². The second-order valence-corrected chi connectivity index (χ2v) is 7.08. The molecule has 0 saturated carbocycles. The van der Waals surface area contributed by atoms with E-state index in [0.29, 0.717) is 0 Å². The average molecular weight is 331 g/mol. The zero-order chi connectivity index (χ0) is 17.4. The van der Waals surface area contributed by atoms with Crippen LogP contribution in [0.15, 0.2) is 53.0 Å². The summed E-state index contributed by atoms with van der Waals surface area (Å²) in [7, 11) is 2.17. The van der Waals surface area contributed by atoms with Crippen LogP contribution in [0.5, 0.6) is 0 Å². The molecule has 25 heavy (non-hydrogen) atoms. The highest BCUT2D eigenvalue weighted by Crippen LogP contribution is 2.37. The van der Waals surface area contributed by atoms with Crippen molar-refractivity contribution in [2.24, 2.45) is 4.99 Å². The first kappa shape index (κ1) is 16.1. The van der Waals surface area contributed by atoms with Crippen molar-refractivity contribution in [1.29, 1.82) is 0 Å². The van der Waals surface area contributed by atoms with Gasteiger partial charge in [-0.1, -0.05) is 25.1 Å². The minimum Gasteiger partial charge on any atom is -0.353 e. The summed E-state index contributed by atoms with van der Waals surface area (Å²) in [6, 6.07) is 13.2. The summed E-state index contributed by atoms with van der Waals surface area (Å²) in [5.41, 5.74) is 9.58. The van der Waals surface area contributed by atoms with Crippen molar-refractivity contribution in [2.75, 3.05) is 25.5 Å². The van der Waals surface area contributed by atoms with E-state index in [9.17, 15) is 0 Å². The highest BCUT2D eigenvalue weighted by molar-refractivity contribution is 6.18. The number of fused-ring (bicyclic) bond motifs is 2. The van der Waals surface area contributed by atoms with E-state index in [1.807, 2.05) is 0 Å². The van der Waals surface area contributed by atoms with Crippen LogP contribution in [0.25, 0.3) is 0 Å². The fourth-order valence-corrected chi connectivity index (χ4v) is 3.51. The maximum absolute atomic E-state index is 5.13. The van der Waals surface area contributed by atoms with Gasteiger partial charge in [-0.05, 0) is 67.8 Å². The highest BCUT2D eigenvalue weighted by Gasteiger charge is 2.21. The number of nitrogens with one attached hydrogen (secondary N) is 1. The van der Waals surface area contributed by atoms with Crippen molar-refractivity contribution >= 4 is 22.8 Å². The van der Waals surface area contributed by atoms with E-state index in [1.54, 1.807) is 0 Å². The maximum atomic E-state index is 5.13. The molecule has 0 spiro atoms. The average Bonchev–Trinajstić information content (AvgIpc) is 2.78. The van der Waals surface area contributed by atoms with E-state index >= 15 is 0 Å². The van der Waals surface area contributed by atoms with Gasteiger partial charge in [0.25, 0.3) is 0 Å². The lowest BCUT2D eigenvalue weighted by atomic mass is 9.94. The van der Waals surface area contributed by atoms with E-state index in [4.69, 9.17) is 4.99 Å². The number of likely N-dealkylation sites (N-methyl/N-ethyl adjacent to an activating group) is 1. The summed E-state index contributed by atoms with van der Waals surface area (Å²) < 4.78 is 0. The third-order valence-electron chi connectivity index (χ3n) is 5.12. The molecule has 2 aliphatic rings. The van der Waals surface area contributed by atoms with Crippen LogP contribution < -0.4 is 5.32 Å². The summed E-state index contributed by atoms with van der Waals surface area (Å²) in [6.45, 7) is 6.40. The molecule has 0 bridgehead atoms. The Bertz CT molecular complexity index is 877. The molecule has 0 aromatic heterocycles. The van der Waals surface area contributed by atoms with Crippen molar-refractivity contribution in [2.45, 2.75) is 26.7 Å². The monoisotopic (exact) mass is 331 g/mol. The Morgan fingerprint density at radius 3 is 2.72 bits per heavy atom. The number of hydrogen-bond acceptors (Lipinski definition) is 3. The Labute approximate surface area is 150 Å². The highest BCUT2D eigenvalue weighted by atomic mass is 15.1. The molecule has 0 saturated heterocycles. The minimum absolute atomic E-state index is 0.991. The van der Waals surface area contributed by atoms with Gasteiger partial charge < -0.3 is 10.2 Å². The van der Waals surface area contributed by atoms with Crippen molar-refractivity contribution < 1.29 is 0 Å². The fraction of sp³-hybridized carbons (Fsp3) is 0.318. The minimum atomic E-state index is 0.991. The molecule has 2 heterocycles. The topological polar surface area (TPSA) is 27.6 Å². The SMILES string of the molecule is CCc1ccc2c(c1)C(C1=CCN(C)CC1)=Nc1cc(C)ccc1N2. The number of benzene rings is 2. The lowest BCUT2D eigenvalue weighted by molar-refractivity contribution is 0.362. The lowest BCUT2D eigenvalue weighted by Crippen LogP contribution is -2.26. The van der Waals surface area contributed by atoms with Crippen LogP contribution in [0.2, 0.25) is 0 Å². The first-order chi connectivity index (χ1) is 12.1. The first-order valence-electron chi connectivity index (χ1n) is 9.11. The molecule has 0 unspecified atom stereocenters. The maximum Gasteiger partial charge on any atom is 0.0874 e. The Kier molecular flexibility index (Phi) is 4.18. The van der Waals surface area contributed by atoms with E-state index in [-0.39, 0.29) is 0 Å². The van der Waals surface area contributed by atoms with Crippen LogP contribution in [0, 0.1) is 6.92 Å². The van der Waals surface area contributed by atoms with Crippen molar-refractivity contribution in [3.63, 3.8) is 0 Å². The van der Waals surface area contributed by atoms with Crippen LogP contribution in [0.1, 0.15) is 30.0 Å². The van der Waals surface area contributed by atoms with Crippen molar-refractivity contribution in [3.8, 4) is 0 Å². The van der Waals surface area contributed by atoms with Gasteiger partial charge in [0, 0.05) is 24.3 Å². The van der Waals surface area contributed by atoms with Gasteiger partial charge in [0.1, 0.15) is 0 Å². The largest absolute Gasteiger partial charge is 0.353 e. The van der Waals surface area contributed by atoms with Gasteiger partial charge in [-0.15, -0.1) is 0 Å².